The molecule has 0 radical (unpaired) electrons. The first-order valence-corrected chi connectivity index (χ1v) is 7.07. The number of aromatic nitrogens is 3. The summed E-state index contributed by atoms with van der Waals surface area (Å²) < 4.78 is 6.47. The van der Waals surface area contributed by atoms with E-state index in [1.54, 1.807) is 0 Å². The number of carbonyl (C=O) groups is 1. The van der Waals surface area contributed by atoms with Gasteiger partial charge in [-0.25, -0.2) is 4.98 Å². The fourth-order valence-corrected chi connectivity index (χ4v) is 2.56. The number of aromatic amines is 1. The second kappa shape index (κ2) is 5.62. The number of H-pyrrole nitrogens is 1. The van der Waals surface area contributed by atoms with Crippen LogP contribution < -0.4 is 10.1 Å². The highest BCUT2D eigenvalue weighted by Gasteiger charge is 2.30. The summed E-state index contributed by atoms with van der Waals surface area (Å²) in [6, 6.07) is 5.72. The average Bonchev–Trinajstić information content (AvgIpc) is 3.07. The Labute approximate surface area is 124 Å². The number of rotatable bonds is 4. The quantitative estimate of drug-likeness (QED) is 0.884. The molecule has 0 aliphatic carbocycles. The largest absolute Gasteiger partial charge is 0.492 e. The van der Waals surface area contributed by atoms with Gasteiger partial charge in [-0.2, -0.15) is 5.10 Å². The average molecular weight is 337 g/mol. The summed E-state index contributed by atoms with van der Waals surface area (Å²) in [5.41, 5.74) is 0.927. The van der Waals surface area contributed by atoms with Crippen LogP contribution in [-0.2, 0) is 11.2 Å². The number of halogens is 1. The zero-order valence-corrected chi connectivity index (χ0v) is 12.2. The molecule has 2 aromatic rings. The molecule has 0 fully saturated rings. The van der Waals surface area contributed by atoms with E-state index in [9.17, 15) is 4.79 Å². The smallest absolute Gasteiger partial charge is 0.231 e. The van der Waals surface area contributed by atoms with E-state index in [-0.39, 0.29) is 11.8 Å². The van der Waals surface area contributed by atoms with Crippen molar-refractivity contribution in [3.63, 3.8) is 0 Å². The van der Waals surface area contributed by atoms with Crippen molar-refractivity contribution in [3.8, 4) is 5.75 Å². The molecule has 0 saturated carbocycles. The van der Waals surface area contributed by atoms with Gasteiger partial charge in [0.2, 0.25) is 5.91 Å². The van der Waals surface area contributed by atoms with Crippen molar-refractivity contribution in [3.05, 3.63) is 40.4 Å². The van der Waals surface area contributed by atoms with Gasteiger partial charge in [-0.05, 0) is 18.2 Å². The molecule has 1 unspecified atom stereocenters. The number of nitrogens with one attached hydrogen (secondary N) is 2. The van der Waals surface area contributed by atoms with Crippen molar-refractivity contribution in [2.75, 3.05) is 13.2 Å². The normalized spacial score (nSPS) is 16.6. The third-order valence-electron chi connectivity index (χ3n) is 3.20. The number of hydrogen-bond acceptors (Lipinski definition) is 4. The number of fused-ring (bicyclic) bond motifs is 1. The summed E-state index contributed by atoms with van der Waals surface area (Å²) in [6.45, 7) is 0.911. The zero-order valence-electron chi connectivity index (χ0n) is 10.6. The van der Waals surface area contributed by atoms with Crippen molar-refractivity contribution in [1.82, 2.24) is 20.5 Å². The van der Waals surface area contributed by atoms with E-state index in [0.29, 0.717) is 19.6 Å². The van der Waals surface area contributed by atoms with Gasteiger partial charge in [0.15, 0.2) is 0 Å². The lowest BCUT2D eigenvalue weighted by Gasteiger charge is -2.09. The number of benzene rings is 1. The van der Waals surface area contributed by atoms with Crippen molar-refractivity contribution >= 4 is 21.8 Å². The molecule has 1 aromatic heterocycles. The molecule has 0 bridgehead atoms. The van der Waals surface area contributed by atoms with E-state index in [4.69, 9.17) is 4.74 Å². The third kappa shape index (κ3) is 2.67. The van der Waals surface area contributed by atoms with Gasteiger partial charge in [0.25, 0.3) is 0 Å². The minimum absolute atomic E-state index is 0.0265. The van der Waals surface area contributed by atoms with E-state index in [0.717, 1.165) is 21.6 Å². The van der Waals surface area contributed by atoms with E-state index in [1.807, 2.05) is 18.2 Å². The van der Waals surface area contributed by atoms with Crippen LogP contribution in [0.1, 0.15) is 17.3 Å². The lowest BCUT2D eigenvalue weighted by atomic mass is 10.0. The van der Waals surface area contributed by atoms with E-state index < -0.39 is 0 Å². The van der Waals surface area contributed by atoms with Crippen LogP contribution in [0.3, 0.4) is 0 Å². The number of ether oxygens (including phenoxy) is 1. The predicted molar refractivity (Wildman–Crippen MR) is 75.5 cm³/mol. The Kier molecular flexibility index (Phi) is 3.68. The molecule has 6 nitrogen and oxygen atoms in total. The number of amides is 1. The maximum Gasteiger partial charge on any atom is 0.231 e. The van der Waals surface area contributed by atoms with Crippen LogP contribution >= 0.6 is 15.9 Å². The van der Waals surface area contributed by atoms with Gasteiger partial charge in [-0.15, -0.1) is 0 Å². The van der Waals surface area contributed by atoms with Crippen molar-refractivity contribution < 1.29 is 9.53 Å². The maximum absolute atomic E-state index is 12.2. The maximum atomic E-state index is 12.2. The van der Waals surface area contributed by atoms with Gasteiger partial charge in [-0.1, -0.05) is 15.9 Å². The zero-order chi connectivity index (χ0) is 13.9. The number of carbonyl (C=O) groups excluding carboxylic acids is 1. The van der Waals surface area contributed by atoms with Crippen LogP contribution in [0.15, 0.2) is 29.0 Å². The molecule has 104 valence electrons. The highest BCUT2D eigenvalue weighted by atomic mass is 79.9. The Morgan fingerprint density at radius 3 is 3.25 bits per heavy atom. The van der Waals surface area contributed by atoms with Crippen molar-refractivity contribution in [2.45, 2.75) is 12.3 Å². The molecule has 1 atom stereocenters. The van der Waals surface area contributed by atoms with Crippen LogP contribution in [-0.4, -0.2) is 34.2 Å². The van der Waals surface area contributed by atoms with Gasteiger partial charge in [0.1, 0.15) is 30.4 Å². The van der Waals surface area contributed by atoms with Gasteiger partial charge >= 0.3 is 0 Å². The highest BCUT2D eigenvalue weighted by Crippen LogP contribution is 2.35. The molecular weight excluding hydrogens is 324 g/mol. The Hall–Kier alpha value is -1.89. The van der Waals surface area contributed by atoms with Gasteiger partial charge in [-0.3, -0.25) is 9.89 Å². The van der Waals surface area contributed by atoms with Gasteiger partial charge < -0.3 is 10.1 Å². The topological polar surface area (TPSA) is 79.9 Å². The molecular formula is C13H13BrN4O2. The molecule has 2 N–H and O–H groups in total. The summed E-state index contributed by atoms with van der Waals surface area (Å²) in [5, 5.41) is 9.42. The molecule has 1 aliphatic heterocycles. The van der Waals surface area contributed by atoms with Crippen LogP contribution in [0.2, 0.25) is 0 Å². The first-order chi connectivity index (χ1) is 9.74. The predicted octanol–water partition coefficient (Wildman–Crippen LogP) is 1.40. The Balaban J connectivity index is 1.60. The second-order valence-corrected chi connectivity index (χ2v) is 5.43. The second-order valence-electron chi connectivity index (χ2n) is 4.52. The molecule has 3 rings (SSSR count). The van der Waals surface area contributed by atoms with Crippen LogP contribution in [0.25, 0.3) is 0 Å². The minimum atomic E-state index is -0.253. The molecule has 2 heterocycles. The number of nitrogens with zero attached hydrogens (tertiary/aromatic N) is 2. The first kappa shape index (κ1) is 13.1. The minimum Gasteiger partial charge on any atom is -0.492 e. The van der Waals surface area contributed by atoms with E-state index in [2.05, 4.69) is 36.4 Å². The monoisotopic (exact) mass is 336 g/mol. The lowest BCUT2D eigenvalue weighted by Crippen LogP contribution is -2.31. The SMILES string of the molecule is O=C(NCCc1ncn[nH]1)C1COc2ccc(Br)cc21. The Morgan fingerprint density at radius 2 is 2.45 bits per heavy atom. The summed E-state index contributed by atoms with van der Waals surface area (Å²) in [4.78, 5) is 16.2. The van der Waals surface area contributed by atoms with Crippen LogP contribution in [0, 0.1) is 0 Å². The standard InChI is InChI=1S/C13H13BrN4O2/c14-8-1-2-11-9(5-8)10(6-20-11)13(19)15-4-3-12-16-7-17-18-12/h1-2,5,7,10H,3-4,6H2,(H,15,19)(H,16,17,18). The summed E-state index contributed by atoms with van der Waals surface area (Å²) in [7, 11) is 0. The van der Waals surface area contributed by atoms with E-state index >= 15 is 0 Å². The summed E-state index contributed by atoms with van der Waals surface area (Å²) >= 11 is 3.41. The molecule has 1 amide bonds. The fraction of sp³-hybridized carbons (Fsp3) is 0.308. The number of hydrogen-bond donors (Lipinski definition) is 2. The molecule has 0 saturated heterocycles. The van der Waals surface area contributed by atoms with E-state index in [1.165, 1.54) is 6.33 Å². The first-order valence-electron chi connectivity index (χ1n) is 6.28. The van der Waals surface area contributed by atoms with Crippen LogP contribution in [0.4, 0.5) is 0 Å². The van der Waals surface area contributed by atoms with Gasteiger partial charge in [0, 0.05) is 23.0 Å². The molecule has 20 heavy (non-hydrogen) atoms. The lowest BCUT2D eigenvalue weighted by molar-refractivity contribution is -0.122. The Morgan fingerprint density at radius 1 is 1.55 bits per heavy atom. The van der Waals surface area contributed by atoms with Crippen molar-refractivity contribution in [1.29, 1.82) is 0 Å². The molecule has 1 aliphatic rings. The summed E-state index contributed by atoms with van der Waals surface area (Å²) in [6.07, 6.45) is 2.08. The van der Waals surface area contributed by atoms with Crippen LogP contribution in [0.5, 0.6) is 5.75 Å². The highest BCUT2D eigenvalue weighted by molar-refractivity contribution is 9.10. The van der Waals surface area contributed by atoms with Gasteiger partial charge in [0.05, 0.1) is 0 Å². The molecule has 7 heteroatoms. The van der Waals surface area contributed by atoms with Crippen molar-refractivity contribution in [2.24, 2.45) is 0 Å². The Bertz CT molecular complexity index is 615. The molecule has 0 spiro atoms. The molecule has 1 aromatic carbocycles. The summed E-state index contributed by atoms with van der Waals surface area (Å²) in [5.74, 6) is 1.26. The third-order valence-corrected chi connectivity index (χ3v) is 3.69. The fourth-order valence-electron chi connectivity index (χ4n) is 2.18.